The van der Waals surface area contributed by atoms with Gasteiger partial charge in [-0.25, -0.2) is 9.78 Å². The number of aliphatic carboxylic acids is 1. The van der Waals surface area contributed by atoms with Gasteiger partial charge in [0.25, 0.3) is 5.56 Å². The Balaban J connectivity index is 1.78. The van der Waals surface area contributed by atoms with Crippen molar-refractivity contribution in [2.75, 3.05) is 0 Å². The molecule has 0 aliphatic heterocycles. The van der Waals surface area contributed by atoms with Gasteiger partial charge in [-0.1, -0.05) is 59.7 Å². The Morgan fingerprint density at radius 1 is 1.03 bits per heavy atom. The molecule has 0 amide bonds. The van der Waals surface area contributed by atoms with E-state index in [1.165, 1.54) is 15.9 Å². The summed E-state index contributed by atoms with van der Waals surface area (Å²) in [7, 11) is 0. The third-order valence-electron chi connectivity index (χ3n) is 5.60. The Morgan fingerprint density at radius 2 is 1.65 bits per heavy atom. The molecule has 2 aromatic heterocycles. The number of aryl methyl sites for hydroxylation is 4. The number of carbonyl (C=O) groups is 1. The molecule has 0 bridgehead atoms. The fourth-order valence-electron chi connectivity index (χ4n) is 3.84. The molecule has 5 nitrogen and oxygen atoms in total. The van der Waals surface area contributed by atoms with Crippen molar-refractivity contribution >= 4 is 27.5 Å². The van der Waals surface area contributed by atoms with Crippen LogP contribution in [-0.4, -0.2) is 20.6 Å². The number of thiophene rings is 1. The highest BCUT2D eigenvalue weighted by Crippen LogP contribution is 2.32. The van der Waals surface area contributed by atoms with Crippen LogP contribution in [0.2, 0.25) is 0 Å². The molecule has 0 aliphatic rings. The fraction of sp³-hybridized carbons (Fsp3) is 0.240. The highest BCUT2D eigenvalue weighted by Gasteiger charge is 2.25. The summed E-state index contributed by atoms with van der Waals surface area (Å²) in [6.07, 6.45) is 0.881. The average molecular weight is 433 g/mol. The molecule has 4 aromatic rings. The van der Waals surface area contributed by atoms with Crippen molar-refractivity contribution in [3.63, 3.8) is 0 Å². The lowest BCUT2D eigenvalue weighted by Gasteiger charge is -2.18. The van der Waals surface area contributed by atoms with E-state index in [0.29, 0.717) is 28.9 Å². The molecule has 0 aliphatic carbocycles. The van der Waals surface area contributed by atoms with Crippen LogP contribution in [0.3, 0.4) is 0 Å². The topological polar surface area (TPSA) is 72.2 Å². The third-order valence-corrected chi connectivity index (χ3v) is 6.47. The molecule has 1 atom stereocenters. The maximum Gasteiger partial charge on any atom is 0.326 e. The number of rotatable bonds is 6. The maximum absolute atomic E-state index is 13.5. The van der Waals surface area contributed by atoms with Crippen LogP contribution in [0.5, 0.6) is 0 Å². The van der Waals surface area contributed by atoms with Crippen molar-refractivity contribution in [3.05, 3.63) is 86.8 Å². The fourth-order valence-corrected chi connectivity index (χ4v) is 4.82. The van der Waals surface area contributed by atoms with E-state index in [0.717, 1.165) is 27.8 Å². The van der Waals surface area contributed by atoms with Gasteiger partial charge < -0.3 is 5.11 Å². The molecule has 1 N–H and O–H groups in total. The van der Waals surface area contributed by atoms with Gasteiger partial charge in [0.15, 0.2) is 0 Å². The Hall–Kier alpha value is -3.25. The van der Waals surface area contributed by atoms with Crippen molar-refractivity contribution in [2.24, 2.45) is 0 Å². The van der Waals surface area contributed by atoms with E-state index < -0.39 is 12.0 Å². The molecular weight excluding hydrogens is 408 g/mol. The van der Waals surface area contributed by atoms with Crippen LogP contribution in [0.1, 0.15) is 35.0 Å². The SMILES string of the molecule is Cc1ccc(CCC(C(=O)O)n2c(C)nc3scc(-c4ccc(C)cc4)c3c2=O)cc1. The number of aromatic nitrogens is 2. The van der Waals surface area contributed by atoms with E-state index in [2.05, 4.69) is 4.98 Å². The zero-order valence-corrected chi connectivity index (χ0v) is 18.6. The predicted molar refractivity (Wildman–Crippen MR) is 125 cm³/mol. The molecule has 6 heteroatoms. The first-order valence-corrected chi connectivity index (χ1v) is 11.1. The molecule has 31 heavy (non-hydrogen) atoms. The van der Waals surface area contributed by atoms with Crippen molar-refractivity contribution in [2.45, 2.75) is 39.7 Å². The molecule has 4 rings (SSSR count). The molecule has 0 saturated heterocycles. The number of hydrogen-bond donors (Lipinski definition) is 1. The number of carboxylic acid groups (broad SMARTS) is 1. The lowest BCUT2D eigenvalue weighted by molar-refractivity contribution is -0.141. The van der Waals surface area contributed by atoms with Crippen LogP contribution < -0.4 is 5.56 Å². The lowest BCUT2D eigenvalue weighted by Crippen LogP contribution is -2.32. The first-order valence-electron chi connectivity index (χ1n) is 10.2. The van der Waals surface area contributed by atoms with E-state index in [4.69, 9.17) is 0 Å². The first kappa shape index (κ1) is 21.0. The quantitative estimate of drug-likeness (QED) is 0.448. The number of nitrogens with zero attached hydrogens (tertiary/aromatic N) is 2. The van der Waals surface area contributed by atoms with Crippen LogP contribution in [0, 0.1) is 20.8 Å². The van der Waals surface area contributed by atoms with Gasteiger partial charge in [0.05, 0.1) is 5.39 Å². The van der Waals surface area contributed by atoms with E-state index >= 15 is 0 Å². The second-order valence-corrected chi connectivity index (χ2v) is 8.77. The van der Waals surface area contributed by atoms with E-state index in [1.54, 1.807) is 6.92 Å². The molecule has 0 saturated carbocycles. The minimum absolute atomic E-state index is 0.296. The number of fused-ring (bicyclic) bond motifs is 1. The lowest BCUT2D eigenvalue weighted by atomic mass is 10.0. The zero-order chi connectivity index (χ0) is 22.1. The summed E-state index contributed by atoms with van der Waals surface area (Å²) in [6.45, 7) is 5.73. The van der Waals surface area contributed by atoms with Crippen molar-refractivity contribution in [3.8, 4) is 11.1 Å². The van der Waals surface area contributed by atoms with Gasteiger partial charge in [0.1, 0.15) is 16.7 Å². The number of benzene rings is 2. The summed E-state index contributed by atoms with van der Waals surface area (Å²) in [4.78, 5) is 30.9. The van der Waals surface area contributed by atoms with Crippen LogP contribution in [0.25, 0.3) is 21.3 Å². The molecule has 0 fully saturated rings. The van der Waals surface area contributed by atoms with Gasteiger partial charge in [0.2, 0.25) is 0 Å². The molecule has 0 radical (unpaired) electrons. The molecule has 2 aromatic carbocycles. The van der Waals surface area contributed by atoms with Crippen LogP contribution in [0.15, 0.2) is 58.7 Å². The molecular formula is C25H24N2O3S. The average Bonchev–Trinajstić information content (AvgIpc) is 3.15. The maximum atomic E-state index is 13.5. The van der Waals surface area contributed by atoms with Gasteiger partial charge in [-0.2, -0.15) is 0 Å². The van der Waals surface area contributed by atoms with Gasteiger partial charge in [0, 0.05) is 10.9 Å². The Kier molecular flexibility index (Phi) is 5.74. The summed E-state index contributed by atoms with van der Waals surface area (Å²) < 4.78 is 1.35. The summed E-state index contributed by atoms with van der Waals surface area (Å²) in [5.41, 5.74) is 4.77. The normalized spacial score (nSPS) is 12.2. The highest BCUT2D eigenvalue weighted by atomic mass is 32.1. The highest BCUT2D eigenvalue weighted by molar-refractivity contribution is 7.17. The van der Waals surface area contributed by atoms with Gasteiger partial charge in [-0.15, -0.1) is 11.3 Å². The standard InChI is InChI=1S/C25H24N2O3S/c1-15-4-8-18(9-5-15)10-13-21(25(29)30)27-17(3)26-23-22(24(27)28)20(14-31-23)19-11-6-16(2)7-12-19/h4-9,11-12,14,21H,10,13H2,1-3H3,(H,29,30). The number of hydrogen-bond acceptors (Lipinski definition) is 4. The summed E-state index contributed by atoms with van der Waals surface area (Å²) in [5, 5.41) is 12.4. The van der Waals surface area contributed by atoms with Crippen LogP contribution >= 0.6 is 11.3 Å². The summed E-state index contributed by atoms with van der Waals surface area (Å²) >= 11 is 1.41. The number of carboxylic acids is 1. The van der Waals surface area contributed by atoms with E-state index in [9.17, 15) is 14.7 Å². The third kappa shape index (κ3) is 4.16. The molecule has 1 unspecified atom stereocenters. The van der Waals surface area contributed by atoms with E-state index in [-0.39, 0.29) is 5.56 Å². The minimum Gasteiger partial charge on any atom is -0.480 e. The van der Waals surface area contributed by atoms with Crippen LogP contribution in [0.4, 0.5) is 0 Å². The molecule has 2 heterocycles. The Bertz CT molecular complexity index is 1300. The van der Waals surface area contributed by atoms with Gasteiger partial charge in [-0.05, 0) is 44.7 Å². The summed E-state index contributed by atoms with van der Waals surface area (Å²) in [6, 6.07) is 15.0. The van der Waals surface area contributed by atoms with Crippen molar-refractivity contribution in [1.82, 2.24) is 9.55 Å². The Labute approximate surface area is 184 Å². The molecule has 0 spiro atoms. The minimum atomic E-state index is -1.02. The molecule has 158 valence electrons. The Morgan fingerprint density at radius 3 is 2.26 bits per heavy atom. The van der Waals surface area contributed by atoms with Gasteiger partial charge >= 0.3 is 5.97 Å². The van der Waals surface area contributed by atoms with E-state index in [1.807, 2.05) is 67.8 Å². The van der Waals surface area contributed by atoms with Crippen molar-refractivity contribution in [1.29, 1.82) is 0 Å². The van der Waals surface area contributed by atoms with Crippen molar-refractivity contribution < 1.29 is 9.90 Å². The smallest absolute Gasteiger partial charge is 0.326 e. The summed E-state index contributed by atoms with van der Waals surface area (Å²) in [5.74, 6) is -0.600. The largest absolute Gasteiger partial charge is 0.480 e. The predicted octanol–water partition coefficient (Wildman–Crippen LogP) is 5.31. The van der Waals surface area contributed by atoms with Crippen LogP contribution in [-0.2, 0) is 11.2 Å². The zero-order valence-electron chi connectivity index (χ0n) is 17.8. The monoisotopic (exact) mass is 432 g/mol. The second kappa shape index (κ2) is 8.47. The second-order valence-electron chi connectivity index (χ2n) is 7.91. The first-order chi connectivity index (χ1) is 14.8. The van der Waals surface area contributed by atoms with Gasteiger partial charge in [-0.3, -0.25) is 9.36 Å².